The third kappa shape index (κ3) is 21.1. The minimum atomic E-state index is 0.0695. The van der Waals surface area contributed by atoms with Gasteiger partial charge in [0.15, 0.2) is 0 Å². The molecule has 0 fully saturated rings. The molecule has 0 radical (unpaired) electrons. The molecule has 0 aliphatic rings. The lowest BCUT2D eigenvalue weighted by Gasteiger charge is -2.27. The molecule has 0 saturated heterocycles. The van der Waals surface area contributed by atoms with Gasteiger partial charge in [-0.2, -0.15) is 0 Å². The molecule has 0 amide bonds. The van der Waals surface area contributed by atoms with Gasteiger partial charge in [-0.15, -0.1) is 0 Å². The van der Waals surface area contributed by atoms with Crippen molar-refractivity contribution in [2.45, 2.75) is 349 Å². The van der Waals surface area contributed by atoms with Gasteiger partial charge in [0.05, 0.1) is 77.2 Å². The van der Waals surface area contributed by atoms with Crippen LogP contribution in [0.5, 0.6) is 0 Å². The van der Waals surface area contributed by atoms with Crippen LogP contribution >= 0.6 is 0 Å². The lowest BCUT2D eigenvalue weighted by atomic mass is 9.78. The van der Waals surface area contributed by atoms with Crippen molar-refractivity contribution in [1.29, 1.82) is 0 Å². The molecule has 774 valence electrons. The van der Waals surface area contributed by atoms with E-state index in [0.717, 1.165) is 66.2 Å². The van der Waals surface area contributed by atoms with Crippen LogP contribution in [0.4, 0.5) is 0 Å². The third-order valence-electron chi connectivity index (χ3n) is 32.3. The molecule has 0 saturated carbocycles. The number of hydrogen-bond donors (Lipinski definition) is 0. The van der Waals surface area contributed by atoms with E-state index in [1.54, 1.807) is 0 Å². The van der Waals surface area contributed by atoms with Gasteiger partial charge in [-0.05, 0) is 407 Å². The number of hydrogen-bond acceptors (Lipinski definition) is 7. The molecule has 7 heterocycles. The predicted molar refractivity (Wildman–Crippen MR) is 659 cm³/mol. The first-order chi connectivity index (χ1) is 69.8. The summed E-state index contributed by atoms with van der Waals surface area (Å²) < 4.78 is 0. The zero-order valence-electron chi connectivity index (χ0n) is 99.6. The molecule has 0 N–H and O–H groups in total. The fraction of sp³-hybridized carbons (Fsp3) is 0.364. The van der Waals surface area contributed by atoms with Crippen LogP contribution in [0, 0.1) is 166 Å². The zero-order chi connectivity index (χ0) is 110. The summed E-state index contributed by atoms with van der Waals surface area (Å²) in [7, 11) is 0. The molecule has 0 atom stereocenters. The summed E-state index contributed by atoms with van der Waals surface area (Å²) in [5.41, 5.74) is 58.0. The predicted octanol–water partition coefficient (Wildman–Crippen LogP) is 40.2. The summed E-state index contributed by atoms with van der Waals surface area (Å²) in [6, 6.07) is 70.1. The highest BCUT2D eigenvalue weighted by molar-refractivity contribution is 6.09. The second-order valence-electron chi connectivity index (χ2n) is 51.1. The summed E-state index contributed by atoms with van der Waals surface area (Å²) in [4.78, 5) is 35.0. The molecule has 0 unspecified atom stereocenters. The Morgan fingerprint density at radius 2 is 0.407 bits per heavy atom. The second kappa shape index (κ2) is 41.2. The SMILES string of the molecule is Cc1cc2c(C(C)(C)C)c3ccc(C)c(C)c3nc2c(C)c1C.Cc1cc2nc3c(C)c(C)ccc3c(C(C)(C)C)c2c(C)c1C.Cc1ccc2c(C(C)(C)C)c3c(C)c(C)c(C)c(C)c3nc2c1C.Cc1ccc2c(C(C)(C)C)c3cccc(C)c3nc2c1.Cc1ccc2nc3c(C)cccc3c(C(C)(C)C)c2c1.Cc1cccc2c(C(C)(C)C)c3c(C)cccc3nc12.Cc1cccc2c(C(C)(C)C)c3cccc(C)c3nc12. The van der Waals surface area contributed by atoms with Gasteiger partial charge >= 0.3 is 0 Å². The average Bonchev–Trinajstić information content (AvgIpc) is 0.720. The average molecular weight is 1980 g/mol. The molecule has 0 aliphatic carbocycles. The van der Waals surface area contributed by atoms with E-state index in [1.807, 2.05) is 0 Å². The maximum atomic E-state index is 5.17. The number of aryl methyl sites for hydroxylation is 20. The summed E-state index contributed by atoms with van der Waals surface area (Å²) in [5, 5.41) is 18.3. The molecule has 0 bridgehead atoms. The Labute approximate surface area is 897 Å². The molecule has 21 aromatic rings. The quantitative estimate of drug-likeness (QED) is 0.140. The summed E-state index contributed by atoms with van der Waals surface area (Å²) in [5.74, 6) is 0. The lowest BCUT2D eigenvalue weighted by molar-refractivity contribution is 0.600. The number of benzene rings is 14. The zero-order valence-corrected chi connectivity index (χ0v) is 99.6. The van der Waals surface area contributed by atoms with E-state index in [9.17, 15) is 0 Å². The van der Waals surface area contributed by atoms with E-state index < -0.39 is 0 Å². The van der Waals surface area contributed by atoms with Crippen LogP contribution in [-0.4, -0.2) is 34.9 Å². The van der Waals surface area contributed by atoms with E-state index in [2.05, 4.69) is 506 Å². The van der Waals surface area contributed by atoms with Crippen molar-refractivity contribution >= 4 is 153 Å². The summed E-state index contributed by atoms with van der Waals surface area (Å²) in [6.07, 6.45) is 0. The molecule has 14 aromatic carbocycles. The van der Waals surface area contributed by atoms with Gasteiger partial charge in [-0.25, -0.2) is 34.9 Å². The summed E-state index contributed by atoms with van der Waals surface area (Å²) >= 11 is 0. The second-order valence-corrected chi connectivity index (χ2v) is 51.1. The lowest BCUT2D eigenvalue weighted by Crippen LogP contribution is -2.15. The highest BCUT2D eigenvalue weighted by Gasteiger charge is 2.33. The number of pyridine rings is 7. The van der Waals surface area contributed by atoms with Crippen molar-refractivity contribution in [3.05, 3.63) is 367 Å². The van der Waals surface area contributed by atoms with Crippen LogP contribution in [0.1, 0.15) is 318 Å². The monoisotopic (exact) mass is 1980 g/mol. The first kappa shape index (κ1) is 111. The summed E-state index contributed by atoms with van der Waals surface area (Å²) in [6.45, 7) is 101. The van der Waals surface area contributed by atoms with Crippen molar-refractivity contribution in [2.75, 3.05) is 0 Å². The Morgan fingerprint density at radius 3 is 0.847 bits per heavy atom. The topological polar surface area (TPSA) is 90.2 Å². The van der Waals surface area contributed by atoms with Gasteiger partial charge in [-0.1, -0.05) is 309 Å². The smallest absolute Gasteiger partial charge is 0.0747 e. The fourth-order valence-corrected chi connectivity index (χ4v) is 23.4. The van der Waals surface area contributed by atoms with E-state index >= 15 is 0 Å². The molecular formula is C143H167N7. The number of nitrogens with zero attached hydrogens (tertiary/aromatic N) is 7. The Bertz CT molecular complexity index is 8910. The minimum absolute atomic E-state index is 0.0695. The highest BCUT2D eigenvalue weighted by atomic mass is 14.7. The highest BCUT2D eigenvalue weighted by Crippen LogP contribution is 2.48. The third-order valence-corrected chi connectivity index (χ3v) is 32.3. The Balaban J connectivity index is 0.000000131. The van der Waals surface area contributed by atoms with Gasteiger partial charge < -0.3 is 0 Å². The van der Waals surface area contributed by atoms with E-state index in [4.69, 9.17) is 34.9 Å². The molecule has 7 nitrogen and oxygen atoms in total. The van der Waals surface area contributed by atoms with Crippen molar-refractivity contribution in [1.82, 2.24) is 34.9 Å². The van der Waals surface area contributed by atoms with Crippen LogP contribution < -0.4 is 0 Å². The molecule has 150 heavy (non-hydrogen) atoms. The molecule has 21 rings (SSSR count). The van der Waals surface area contributed by atoms with Crippen LogP contribution in [0.3, 0.4) is 0 Å². The molecule has 0 spiro atoms. The van der Waals surface area contributed by atoms with Gasteiger partial charge in [0, 0.05) is 75.4 Å². The number of aromatic nitrogens is 7. The first-order valence-electron chi connectivity index (χ1n) is 54.5. The molecule has 7 heteroatoms. The maximum absolute atomic E-state index is 5.17. The van der Waals surface area contributed by atoms with Crippen molar-refractivity contribution in [3.8, 4) is 0 Å². The molecule has 7 aromatic heterocycles. The Morgan fingerprint density at radius 1 is 0.133 bits per heavy atom. The van der Waals surface area contributed by atoms with E-state index in [0.29, 0.717) is 0 Å². The first-order valence-corrected chi connectivity index (χ1v) is 54.5. The fourth-order valence-electron chi connectivity index (χ4n) is 23.4. The van der Waals surface area contributed by atoms with Crippen LogP contribution in [0.25, 0.3) is 153 Å². The van der Waals surface area contributed by atoms with Gasteiger partial charge in [-0.3, -0.25) is 0 Å². The number of para-hydroxylation sites is 5. The standard InChI is InChI=1S/C23H29N.2C22H27N.4C19H21N/c1-12-10-11-18-20(23(7,8)9)19-16(5)14(3)15(4)17(6)22(19)24-21(18)13(12)2;1-12-9-10-17-19(22(6,7)8)18-11-13(2)14(3)16(5)21(18)23-20(17)15(12)4;1-12-9-10-17-20(22(6,7)8)19-16(5)14(3)13(2)11-18(19)23-21(17)15(12)4;1-12-8-7-11-15-16(12)17(19(3,4)5)14-10-6-9-13(2)18(14)20-15;1-12-8-6-10-14-16(19(3,4)5)15-11-7-9-13(2)18(15)20-17(12)14;1-12-9-10-14-16(11-12)20-18-13(2)7-6-8-15(18)17(14)19(3,4)5;1-12-9-10-16-15(11-12)17(19(3,4)5)14-8-6-7-13(2)18(14)20-16/h10-11H,1-9H3;2*9-11H,1-8H3;4*6-11H,1-5H3. The maximum Gasteiger partial charge on any atom is 0.0747 e. The van der Waals surface area contributed by atoms with Crippen molar-refractivity contribution in [3.63, 3.8) is 0 Å². The van der Waals surface area contributed by atoms with E-state index in [-0.39, 0.29) is 37.9 Å². The van der Waals surface area contributed by atoms with Crippen molar-refractivity contribution in [2.24, 2.45) is 0 Å². The van der Waals surface area contributed by atoms with Crippen LogP contribution in [0.2, 0.25) is 0 Å². The molecular weight excluding hydrogens is 1820 g/mol. The van der Waals surface area contributed by atoms with Crippen molar-refractivity contribution < 1.29 is 0 Å². The number of rotatable bonds is 0. The normalized spacial score (nSPS) is 12.3. The minimum Gasteiger partial charge on any atom is -0.247 e. The Hall–Kier alpha value is -13.2. The largest absolute Gasteiger partial charge is 0.247 e. The van der Waals surface area contributed by atoms with E-state index in [1.165, 1.54) is 259 Å². The molecule has 0 aliphatic heterocycles. The van der Waals surface area contributed by atoms with Crippen LogP contribution in [0.15, 0.2) is 194 Å². The van der Waals surface area contributed by atoms with Gasteiger partial charge in [0.25, 0.3) is 0 Å². The van der Waals surface area contributed by atoms with Gasteiger partial charge in [0.2, 0.25) is 0 Å². The van der Waals surface area contributed by atoms with Crippen LogP contribution in [-0.2, 0) is 37.9 Å². The number of fused-ring (bicyclic) bond motifs is 14. The van der Waals surface area contributed by atoms with Gasteiger partial charge in [0.1, 0.15) is 0 Å². The Kier molecular flexibility index (Phi) is 30.4.